The standard InChI is InChI=1S/C10H18ClN3O2S/c1-8(2)14(6-4-5-11)17(15,16)10-7-12-13-9(10)3/h7-8H,4-6H2,1-3H3,(H,12,13). The van der Waals surface area contributed by atoms with Gasteiger partial charge in [0.05, 0.1) is 11.9 Å². The van der Waals surface area contributed by atoms with Gasteiger partial charge in [0.2, 0.25) is 10.0 Å². The fraction of sp³-hybridized carbons (Fsp3) is 0.700. The largest absolute Gasteiger partial charge is 0.281 e. The van der Waals surface area contributed by atoms with E-state index in [4.69, 9.17) is 11.6 Å². The average molecular weight is 280 g/mol. The van der Waals surface area contributed by atoms with Crippen molar-refractivity contribution in [3.05, 3.63) is 11.9 Å². The lowest BCUT2D eigenvalue weighted by Gasteiger charge is -2.25. The molecule has 1 rings (SSSR count). The molecule has 1 N–H and O–H groups in total. The number of hydrogen-bond donors (Lipinski definition) is 1. The zero-order valence-corrected chi connectivity index (χ0v) is 11.8. The fourth-order valence-electron chi connectivity index (χ4n) is 1.60. The number of hydrogen-bond acceptors (Lipinski definition) is 3. The monoisotopic (exact) mass is 279 g/mol. The molecule has 0 atom stereocenters. The molecule has 0 amide bonds. The van der Waals surface area contributed by atoms with Crippen LogP contribution in [-0.2, 0) is 10.0 Å². The molecule has 1 heterocycles. The summed E-state index contributed by atoms with van der Waals surface area (Å²) in [4.78, 5) is 0.237. The van der Waals surface area contributed by atoms with Crippen molar-refractivity contribution >= 4 is 21.6 Å². The van der Waals surface area contributed by atoms with Crippen molar-refractivity contribution in [1.29, 1.82) is 0 Å². The van der Waals surface area contributed by atoms with Gasteiger partial charge in [0, 0.05) is 18.5 Å². The van der Waals surface area contributed by atoms with Gasteiger partial charge in [-0.15, -0.1) is 11.6 Å². The van der Waals surface area contributed by atoms with Crippen LogP contribution in [0.3, 0.4) is 0 Å². The minimum Gasteiger partial charge on any atom is -0.281 e. The lowest BCUT2D eigenvalue weighted by molar-refractivity contribution is 0.354. The van der Waals surface area contributed by atoms with E-state index in [1.165, 1.54) is 10.5 Å². The van der Waals surface area contributed by atoms with E-state index in [0.717, 1.165) is 0 Å². The van der Waals surface area contributed by atoms with Gasteiger partial charge in [0.1, 0.15) is 4.90 Å². The molecule has 7 heteroatoms. The van der Waals surface area contributed by atoms with Gasteiger partial charge in [-0.1, -0.05) is 0 Å². The Morgan fingerprint density at radius 2 is 2.18 bits per heavy atom. The van der Waals surface area contributed by atoms with Gasteiger partial charge in [0.15, 0.2) is 0 Å². The summed E-state index contributed by atoms with van der Waals surface area (Å²) in [7, 11) is -3.48. The smallest absolute Gasteiger partial charge is 0.246 e. The van der Waals surface area contributed by atoms with Crippen molar-refractivity contribution in [1.82, 2.24) is 14.5 Å². The molecule has 0 aliphatic rings. The summed E-state index contributed by atoms with van der Waals surface area (Å²) in [6, 6.07) is -0.0995. The third-order valence-corrected chi connectivity index (χ3v) is 4.91. The van der Waals surface area contributed by atoms with E-state index in [1.54, 1.807) is 6.92 Å². The van der Waals surface area contributed by atoms with Gasteiger partial charge in [-0.3, -0.25) is 5.10 Å². The highest BCUT2D eigenvalue weighted by Gasteiger charge is 2.28. The molecule has 0 aliphatic heterocycles. The summed E-state index contributed by atoms with van der Waals surface area (Å²) < 4.78 is 26.2. The number of halogens is 1. The predicted octanol–water partition coefficient (Wildman–Crippen LogP) is 1.75. The van der Waals surface area contributed by atoms with E-state index in [0.29, 0.717) is 24.5 Å². The first kappa shape index (κ1) is 14.5. The topological polar surface area (TPSA) is 66.1 Å². The maximum atomic E-state index is 12.4. The fourth-order valence-corrected chi connectivity index (χ4v) is 3.51. The van der Waals surface area contributed by atoms with E-state index in [1.807, 2.05) is 13.8 Å². The van der Waals surface area contributed by atoms with Crippen molar-refractivity contribution < 1.29 is 8.42 Å². The van der Waals surface area contributed by atoms with E-state index >= 15 is 0 Å². The first-order valence-electron chi connectivity index (χ1n) is 5.49. The van der Waals surface area contributed by atoms with Gasteiger partial charge in [0.25, 0.3) is 0 Å². The summed E-state index contributed by atoms with van der Waals surface area (Å²) in [6.45, 7) is 5.82. The Kier molecular flexibility index (Phi) is 4.97. The third kappa shape index (κ3) is 3.20. The summed E-state index contributed by atoms with van der Waals surface area (Å²) >= 11 is 5.62. The summed E-state index contributed by atoms with van der Waals surface area (Å²) in [5.74, 6) is 0.448. The van der Waals surface area contributed by atoms with Crippen molar-refractivity contribution in [2.24, 2.45) is 0 Å². The zero-order valence-electron chi connectivity index (χ0n) is 10.3. The van der Waals surface area contributed by atoms with E-state index in [2.05, 4.69) is 10.2 Å². The average Bonchev–Trinajstić information content (AvgIpc) is 2.64. The van der Waals surface area contributed by atoms with Crippen LogP contribution in [0.25, 0.3) is 0 Å². The quantitative estimate of drug-likeness (QED) is 0.807. The number of nitrogens with one attached hydrogen (secondary N) is 1. The molecule has 0 aromatic carbocycles. The SMILES string of the molecule is Cc1[nH]ncc1S(=O)(=O)N(CCCCl)C(C)C. The molecule has 0 saturated heterocycles. The first-order valence-corrected chi connectivity index (χ1v) is 7.46. The molecule has 0 aliphatic carbocycles. The summed E-state index contributed by atoms with van der Waals surface area (Å²) in [6.07, 6.45) is 1.98. The van der Waals surface area contributed by atoms with Crippen molar-refractivity contribution in [3.63, 3.8) is 0 Å². The molecule has 0 saturated carbocycles. The van der Waals surface area contributed by atoms with Crippen molar-refractivity contribution in [2.75, 3.05) is 12.4 Å². The molecular weight excluding hydrogens is 262 g/mol. The molecule has 0 spiro atoms. The minimum absolute atomic E-state index is 0.0995. The Hall–Kier alpha value is -0.590. The number of H-pyrrole nitrogens is 1. The highest BCUT2D eigenvalue weighted by atomic mass is 35.5. The lowest BCUT2D eigenvalue weighted by atomic mass is 10.4. The van der Waals surface area contributed by atoms with Gasteiger partial charge in [-0.05, 0) is 27.2 Å². The Morgan fingerprint density at radius 1 is 1.53 bits per heavy atom. The zero-order chi connectivity index (χ0) is 13.1. The number of sulfonamides is 1. The van der Waals surface area contributed by atoms with Crippen LogP contribution in [0.5, 0.6) is 0 Å². The molecule has 1 aromatic rings. The lowest BCUT2D eigenvalue weighted by Crippen LogP contribution is -2.38. The van der Waals surface area contributed by atoms with E-state index in [9.17, 15) is 8.42 Å². The molecule has 17 heavy (non-hydrogen) atoms. The Balaban J connectivity index is 3.05. The molecule has 0 unspecified atom stereocenters. The van der Waals surface area contributed by atoms with Crippen LogP contribution < -0.4 is 0 Å². The molecule has 0 fully saturated rings. The van der Waals surface area contributed by atoms with Gasteiger partial charge < -0.3 is 0 Å². The second-order valence-electron chi connectivity index (χ2n) is 4.11. The van der Waals surface area contributed by atoms with Crippen LogP contribution in [0.4, 0.5) is 0 Å². The second kappa shape index (κ2) is 5.84. The van der Waals surface area contributed by atoms with Crippen LogP contribution in [0.15, 0.2) is 11.1 Å². The van der Waals surface area contributed by atoms with Gasteiger partial charge in [-0.25, -0.2) is 8.42 Å². The van der Waals surface area contributed by atoms with Crippen LogP contribution >= 0.6 is 11.6 Å². The highest BCUT2D eigenvalue weighted by Crippen LogP contribution is 2.20. The third-order valence-electron chi connectivity index (χ3n) is 2.46. The second-order valence-corrected chi connectivity index (χ2v) is 6.35. The number of nitrogens with zero attached hydrogens (tertiary/aromatic N) is 2. The molecule has 0 bridgehead atoms. The Morgan fingerprint density at radius 3 is 2.59 bits per heavy atom. The molecular formula is C10H18ClN3O2S. The maximum Gasteiger partial charge on any atom is 0.246 e. The van der Waals surface area contributed by atoms with E-state index in [-0.39, 0.29) is 10.9 Å². The minimum atomic E-state index is -3.48. The maximum absolute atomic E-state index is 12.4. The van der Waals surface area contributed by atoms with Gasteiger partial charge >= 0.3 is 0 Å². The molecule has 5 nitrogen and oxygen atoms in total. The number of aryl methyl sites for hydroxylation is 1. The predicted molar refractivity (Wildman–Crippen MR) is 67.7 cm³/mol. The van der Waals surface area contributed by atoms with Crippen LogP contribution in [0.1, 0.15) is 26.0 Å². The number of aromatic nitrogens is 2. The number of rotatable bonds is 6. The Labute approximate surface area is 107 Å². The summed E-state index contributed by atoms with van der Waals surface area (Å²) in [5.41, 5.74) is 0.557. The molecule has 1 aromatic heterocycles. The molecule has 0 radical (unpaired) electrons. The number of aromatic amines is 1. The van der Waals surface area contributed by atoms with E-state index < -0.39 is 10.0 Å². The van der Waals surface area contributed by atoms with Gasteiger partial charge in [-0.2, -0.15) is 9.40 Å². The molecule has 98 valence electrons. The van der Waals surface area contributed by atoms with Crippen LogP contribution in [0.2, 0.25) is 0 Å². The first-order chi connectivity index (χ1) is 7.91. The van der Waals surface area contributed by atoms with Crippen LogP contribution in [0, 0.1) is 6.92 Å². The van der Waals surface area contributed by atoms with Crippen LogP contribution in [-0.4, -0.2) is 41.4 Å². The highest BCUT2D eigenvalue weighted by molar-refractivity contribution is 7.89. The van der Waals surface area contributed by atoms with Crippen molar-refractivity contribution in [2.45, 2.75) is 38.1 Å². The van der Waals surface area contributed by atoms with Crippen molar-refractivity contribution in [3.8, 4) is 0 Å². The Bertz CT molecular complexity index is 456. The summed E-state index contributed by atoms with van der Waals surface area (Å²) in [5, 5.41) is 6.40. The normalized spacial score (nSPS) is 12.6. The number of alkyl halides is 1.